The van der Waals surface area contributed by atoms with Crippen LogP contribution in [-0.2, 0) is 5.79 Å². The third-order valence-electron chi connectivity index (χ3n) is 3.29. The Morgan fingerprint density at radius 2 is 1.78 bits per heavy atom. The number of halogens is 3. The molecule has 0 aromatic heterocycles. The van der Waals surface area contributed by atoms with Gasteiger partial charge in [-0.15, -0.1) is 0 Å². The van der Waals surface area contributed by atoms with E-state index >= 15 is 0 Å². The van der Waals surface area contributed by atoms with E-state index in [0.717, 1.165) is 20.8 Å². The number of benzene rings is 2. The number of nitrogens with two attached hydrogens (primary N) is 1. The highest BCUT2D eigenvalue weighted by Gasteiger charge is 2.31. The van der Waals surface area contributed by atoms with E-state index in [9.17, 15) is 4.39 Å². The normalized spacial score (nSPS) is 20.3. The van der Waals surface area contributed by atoms with Gasteiger partial charge < -0.3 is 10.6 Å². The van der Waals surface area contributed by atoms with Crippen LogP contribution in [0, 0.1) is 0 Å². The fourth-order valence-electron chi connectivity index (χ4n) is 2.18. The van der Waals surface area contributed by atoms with Crippen LogP contribution in [0.3, 0.4) is 0 Å². The van der Waals surface area contributed by atoms with Crippen LogP contribution in [-0.4, -0.2) is 6.21 Å². The molecule has 4 nitrogen and oxygen atoms in total. The number of hydrogen-bond acceptors (Lipinski definition) is 4. The maximum atomic E-state index is 14.1. The number of nitrogens with zero attached hydrogens (tertiary/aromatic N) is 1. The lowest BCUT2D eigenvalue weighted by molar-refractivity contribution is 0.386. The molecule has 0 saturated heterocycles. The molecule has 0 bridgehead atoms. The average Bonchev–Trinajstić information content (AvgIpc) is 2.51. The Morgan fingerprint density at radius 3 is 2.48 bits per heavy atom. The molecule has 7 heteroatoms. The molecule has 2 aromatic carbocycles. The van der Waals surface area contributed by atoms with Gasteiger partial charge >= 0.3 is 0 Å². The summed E-state index contributed by atoms with van der Waals surface area (Å²) in [6, 6.07) is 14.8. The minimum atomic E-state index is -1.24. The van der Waals surface area contributed by atoms with E-state index in [4.69, 9.17) is 5.73 Å². The van der Waals surface area contributed by atoms with Gasteiger partial charge in [0.1, 0.15) is 5.82 Å². The highest BCUT2D eigenvalue weighted by molar-refractivity contribution is 9.10. The number of anilines is 1. The molecule has 1 unspecified atom stereocenters. The van der Waals surface area contributed by atoms with Gasteiger partial charge in [0.05, 0.1) is 6.21 Å². The van der Waals surface area contributed by atoms with E-state index in [1.807, 2.05) is 48.5 Å². The van der Waals surface area contributed by atoms with E-state index in [0.29, 0.717) is 5.56 Å². The lowest BCUT2D eigenvalue weighted by atomic mass is 10.1. The Balaban J connectivity index is 1.89. The summed E-state index contributed by atoms with van der Waals surface area (Å²) in [6.07, 6.45) is 1.12. The summed E-state index contributed by atoms with van der Waals surface area (Å²) in [5.74, 6) is -1.59. The molecule has 2 aromatic rings. The van der Waals surface area contributed by atoms with Crippen molar-refractivity contribution in [2.24, 2.45) is 10.7 Å². The Labute approximate surface area is 149 Å². The molecule has 1 aliphatic heterocycles. The fraction of sp³-hybridized carbons (Fsp3) is 0.0625. The zero-order chi connectivity index (χ0) is 16.4. The van der Waals surface area contributed by atoms with E-state index in [-0.39, 0.29) is 5.82 Å². The largest absolute Gasteiger partial charge is 0.339 e. The van der Waals surface area contributed by atoms with Crippen LogP contribution in [0.5, 0.6) is 0 Å². The van der Waals surface area contributed by atoms with Crippen molar-refractivity contribution >= 4 is 43.8 Å². The molecule has 0 radical (unpaired) electrons. The number of rotatable bonds is 3. The smallest absolute Gasteiger partial charge is 0.210 e. The zero-order valence-electron chi connectivity index (χ0n) is 11.9. The van der Waals surface area contributed by atoms with Crippen molar-refractivity contribution in [2.45, 2.75) is 5.79 Å². The monoisotopic (exact) mass is 438 g/mol. The van der Waals surface area contributed by atoms with Gasteiger partial charge in [0.2, 0.25) is 5.79 Å². The number of allylic oxidation sites excluding steroid dienone is 1. The third-order valence-corrected chi connectivity index (χ3v) is 4.28. The Morgan fingerprint density at radius 1 is 1.09 bits per heavy atom. The predicted octanol–water partition coefficient (Wildman–Crippen LogP) is 4.21. The standard InChI is InChI=1S/C16H13Br2FN4/c17-11-4-1-3-10(7-11)16(20)21-9-14(19)15(23-16)22-13-6-2-5-12(18)8-13/h1-9,22-23H,20H2. The van der Waals surface area contributed by atoms with Crippen molar-refractivity contribution in [3.63, 3.8) is 0 Å². The van der Waals surface area contributed by atoms with Crippen molar-refractivity contribution < 1.29 is 4.39 Å². The summed E-state index contributed by atoms with van der Waals surface area (Å²) in [7, 11) is 0. The first kappa shape index (κ1) is 16.2. The van der Waals surface area contributed by atoms with Crippen LogP contribution >= 0.6 is 31.9 Å². The molecule has 0 aliphatic carbocycles. The van der Waals surface area contributed by atoms with Gasteiger partial charge in [0, 0.05) is 20.2 Å². The summed E-state index contributed by atoms with van der Waals surface area (Å²) < 4.78 is 15.9. The van der Waals surface area contributed by atoms with Gasteiger partial charge in [-0.3, -0.25) is 5.73 Å². The van der Waals surface area contributed by atoms with Crippen LogP contribution in [0.25, 0.3) is 0 Å². The van der Waals surface area contributed by atoms with Crippen LogP contribution in [0.15, 0.2) is 74.1 Å². The van der Waals surface area contributed by atoms with E-state index in [1.54, 1.807) is 0 Å². The van der Waals surface area contributed by atoms with Crippen molar-refractivity contribution in [1.82, 2.24) is 5.32 Å². The molecule has 1 heterocycles. The molecular weight excluding hydrogens is 427 g/mol. The maximum absolute atomic E-state index is 14.1. The second-order valence-electron chi connectivity index (χ2n) is 5.02. The molecule has 0 saturated carbocycles. The molecule has 118 valence electrons. The van der Waals surface area contributed by atoms with Crippen molar-refractivity contribution in [3.05, 3.63) is 74.7 Å². The number of nitrogens with one attached hydrogen (secondary N) is 2. The van der Waals surface area contributed by atoms with Crippen molar-refractivity contribution in [1.29, 1.82) is 0 Å². The molecular formula is C16H13Br2FN4. The maximum Gasteiger partial charge on any atom is 0.210 e. The molecule has 3 rings (SSSR count). The Bertz CT molecular complexity index is 806. The summed E-state index contributed by atoms with van der Waals surface area (Å²) in [5.41, 5.74) is 7.74. The molecule has 1 atom stereocenters. The number of hydrogen-bond donors (Lipinski definition) is 3. The van der Waals surface area contributed by atoms with Gasteiger partial charge in [-0.1, -0.05) is 50.1 Å². The Hall–Kier alpha value is -1.70. The minimum absolute atomic E-state index is 0.167. The van der Waals surface area contributed by atoms with Crippen LogP contribution < -0.4 is 16.4 Å². The summed E-state index contributed by atoms with van der Waals surface area (Å²) in [4.78, 5) is 4.10. The second kappa shape index (κ2) is 6.43. The molecule has 0 spiro atoms. The molecule has 0 fully saturated rings. The van der Waals surface area contributed by atoms with Gasteiger partial charge in [-0.05, 0) is 30.3 Å². The topological polar surface area (TPSA) is 62.4 Å². The number of aliphatic imine (C=N–C) groups is 1. The van der Waals surface area contributed by atoms with Crippen molar-refractivity contribution in [2.75, 3.05) is 5.32 Å². The Kier molecular flexibility index (Phi) is 4.52. The first-order chi connectivity index (χ1) is 11.0. The highest BCUT2D eigenvalue weighted by atomic mass is 79.9. The molecule has 1 aliphatic rings. The van der Waals surface area contributed by atoms with Gasteiger partial charge in [0.15, 0.2) is 5.83 Å². The predicted molar refractivity (Wildman–Crippen MR) is 97.5 cm³/mol. The lowest BCUT2D eigenvalue weighted by Gasteiger charge is -2.32. The van der Waals surface area contributed by atoms with E-state index in [1.165, 1.54) is 0 Å². The highest BCUT2D eigenvalue weighted by Crippen LogP contribution is 2.26. The average molecular weight is 440 g/mol. The third kappa shape index (κ3) is 3.63. The molecule has 0 amide bonds. The van der Waals surface area contributed by atoms with Crippen LogP contribution in [0.4, 0.5) is 10.1 Å². The van der Waals surface area contributed by atoms with Crippen LogP contribution in [0.1, 0.15) is 5.56 Å². The van der Waals surface area contributed by atoms with Gasteiger partial charge in [-0.25, -0.2) is 9.38 Å². The zero-order valence-corrected chi connectivity index (χ0v) is 15.0. The van der Waals surface area contributed by atoms with E-state index < -0.39 is 11.6 Å². The van der Waals surface area contributed by atoms with Crippen molar-refractivity contribution in [3.8, 4) is 0 Å². The lowest BCUT2D eigenvalue weighted by Crippen LogP contribution is -2.51. The summed E-state index contributed by atoms with van der Waals surface area (Å²) in [6.45, 7) is 0. The first-order valence-electron chi connectivity index (χ1n) is 6.77. The quantitative estimate of drug-likeness (QED) is 0.671. The SMILES string of the molecule is NC1(c2cccc(Br)c2)N=CC(F)=C(Nc2cccc(Br)c2)N1. The second-order valence-corrected chi connectivity index (χ2v) is 6.85. The summed E-state index contributed by atoms with van der Waals surface area (Å²) >= 11 is 6.78. The van der Waals surface area contributed by atoms with Gasteiger partial charge in [0.25, 0.3) is 0 Å². The van der Waals surface area contributed by atoms with Crippen LogP contribution in [0.2, 0.25) is 0 Å². The molecule has 4 N–H and O–H groups in total. The van der Waals surface area contributed by atoms with E-state index in [2.05, 4.69) is 47.5 Å². The first-order valence-corrected chi connectivity index (χ1v) is 8.35. The van der Waals surface area contributed by atoms with Gasteiger partial charge in [-0.2, -0.15) is 0 Å². The summed E-state index contributed by atoms with van der Waals surface area (Å²) in [5, 5.41) is 5.92. The molecule has 23 heavy (non-hydrogen) atoms. The fourth-order valence-corrected chi connectivity index (χ4v) is 2.98. The minimum Gasteiger partial charge on any atom is -0.339 e.